The number of alkyl halides is 3. The Bertz CT molecular complexity index is 203. The summed E-state index contributed by atoms with van der Waals surface area (Å²) in [4.78, 5) is 1.50. The highest BCUT2D eigenvalue weighted by Gasteiger charge is 2.32. The van der Waals surface area contributed by atoms with Crippen LogP contribution >= 0.6 is 11.8 Å². The molecular formula is C11H21F3N2S. The summed E-state index contributed by atoms with van der Waals surface area (Å²) >= 11 is 1.82. The molecule has 102 valence electrons. The van der Waals surface area contributed by atoms with Gasteiger partial charge in [-0.05, 0) is 50.9 Å². The maximum atomic E-state index is 12.2. The molecule has 0 spiro atoms. The molecule has 1 aliphatic rings. The van der Waals surface area contributed by atoms with Gasteiger partial charge in [0.1, 0.15) is 0 Å². The third-order valence-electron chi connectivity index (χ3n) is 2.95. The van der Waals surface area contributed by atoms with Crippen LogP contribution in [0.15, 0.2) is 0 Å². The van der Waals surface area contributed by atoms with Crippen LogP contribution in [0.25, 0.3) is 0 Å². The summed E-state index contributed by atoms with van der Waals surface area (Å²) in [7, 11) is 0. The summed E-state index contributed by atoms with van der Waals surface area (Å²) < 4.78 is 36.5. The molecule has 0 radical (unpaired) electrons. The fourth-order valence-corrected chi connectivity index (χ4v) is 2.50. The molecule has 0 amide bonds. The Morgan fingerprint density at radius 3 is 2.47 bits per heavy atom. The van der Waals surface area contributed by atoms with Gasteiger partial charge in [0.05, 0.1) is 6.54 Å². The zero-order valence-electron chi connectivity index (χ0n) is 10.2. The van der Waals surface area contributed by atoms with Crippen LogP contribution in [-0.4, -0.2) is 55.3 Å². The van der Waals surface area contributed by atoms with E-state index in [2.05, 4.69) is 11.6 Å². The van der Waals surface area contributed by atoms with Gasteiger partial charge in [0.15, 0.2) is 0 Å². The fourth-order valence-electron chi connectivity index (χ4n) is 2.07. The van der Waals surface area contributed by atoms with Crippen LogP contribution in [0.3, 0.4) is 0 Å². The molecule has 0 saturated carbocycles. The van der Waals surface area contributed by atoms with E-state index >= 15 is 0 Å². The van der Waals surface area contributed by atoms with Crippen LogP contribution in [0, 0.1) is 0 Å². The van der Waals surface area contributed by atoms with E-state index in [9.17, 15) is 13.2 Å². The van der Waals surface area contributed by atoms with Crippen molar-refractivity contribution in [3.8, 4) is 0 Å². The average molecular weight is 270 g/mol. The summed E-state index contributed by atoms with van der Waals surface area (Å²) in [5.74, 6) is 1.14. The SMILES string of the molecule is CSCCCNC1CCN(CC(F)(F)F)CC1. The zero-order chi connectivity index (χ0) is 12.7. The maximum absolute atomic E-state index is 12.2. The van der Waals surface area contributed by atoms with Crippen molar-refractivity contribution < 1.29 is 13.2 Å². The molecule has 0 unspecified atom stereocenters. The lowest BCUT2D eigenvalue weighted by Crippen LogP contribution is -2.45. The van der Waals surface area contributed by atoms with Gasteiger partial charge >= 0.3 is 6.18 Å². The number of likely N-dealkylation sites (tertiary alicyclic amines) is 1. The van der Waals surface area contributed by atoms with E-state index < -0.39 is 12.7 Å². The number of piperidine rings is 1. The maximum Gasteiger partial charge on any atom is 0.401 e. The highest BCUT2D eigenvalue weighted by Crippen LogP contribution is 2.19. The number of hydrogen-bond acceptors (Lipinski definition) is 3. The van der Waals surface area contributed by atoms with E-state index in [0.29, 0.717) is 19.1 Å². The zero-order valence-corrected chi connectivity index (χ0v) is 11.0. The first-order chi connectivity index (χ1) is 8.01. The van der Waals surface area contributed by atoms with Gasteiger partial charge in [-0.2, -0.15) is 24.9 Å². The molecule has 17 heavy (non-hydrogen) atoms. The Kier molecular flexibility index (Phi) is 6.66. The van der Waals surface area contributed by atoms with Crippen molar-refractivity contribution in [1.82, 2.24) is 10.2 Å². The molecule has 0 aromatic rings. The minimum absolute atomic E-state index is 0.404. The van der Waals surface area contributed by atoms with E-state index in [1.54, 1.807) is 0 Å². The summed E-state index contributed by atoms with van der Waals surface area (Å²) in [6.07, 6.45) is 0.808. The topological polar surface area (TPSA) is 15.3 Å². The van der Waals surface area contributed by atoms with Gasteiger partial charge in [0.25, 0.3) is 0 Å². The van der Waals surface area contributed by atoms with Gasteiger partial charge in [-0.25, -0.2) is 0 Å². The molecule has 0 aromatic carbocycles. The number of nitrogens with one attached hydrogen (secondary N) is 1. The monoisotopic (exact) mass is 270 g/mol. The molecule has 2 nitrogen and oxygen atoms in total. The number of hydrogen-bond donors (Lipinski definition) is 1. The third-order valence-corrected chi connectivity index (χ3v) is 3.65. The lowest BCUT2D eigenvalue weighted by Gasteiger charge is -2.32. The standard InChI is InChI=1S/C11H21F3N2S/c1-17-8-2-5-15-10-3-6-16(7-4-10)9-11(12,13)14/h10,15H,2-9H2,1H3. The van der Waals surface area contributed by atoms with Crippen LogP contribution in [-0.2, 0) is 0 Å². The third kappa shape index (κ3) is 7.16. The van der Waals surface area contributed by atoms with Crippen molar-refractivity contribution in [3.63, 3.8) is 0 Å². The highest BCUT2D eigenvalue weighted by molar-refractivity contribution is 7.98. The Hall–Kier alpha value is 0.0600. The summed E-state index contributed by atoms with van der Waals surface area (Å²) in [6, 6.07) is 0.404. The fraction of sp³-hybridized carbons (Fsp3) is 1.00. The van der Waals surface area contributed by atoms with E-state index in [1.165, 1.54) is 4.90 Å². The summed E-state index contributed by atoms with van der Waals surface area (Å²) in [5.41, 5.74) is 0. The predicted octanol–water partition coefficient (Wildman–Crippen LogP) is 2.36. The van der Waals surface area contributed by atoms with E-state index in [-0.39, 0.29) is 0 Å². The Morgan fingerprint density at radius 1 is 1.29 bits per heavy atom. The largest absolute Gasteiger partial charge is 0.401 e. The second kappa shape index (κ2) is 7.48. The second-order valence-corrected chi connectivity index (χ2v) is 5.45. The second-order valence-electron chi connectivity index (χ2n) is 4.47. The number of halogens is 3. The molecule has 1 N–H and O–H groups in total. The quantitative estimate of drug-likeness (QED) is 0.746. The van der Waals surface area contributed by atoms with Crippen molar-refractivity contribution >= 4 is 11.8 Å². The Morgan fingerprint density at radius 2 is 1.94 bits per heavy atom. The molecule has 1 rings (SSSR count). The lowest BCUT2D eigenvalue weighted by atomic mass is 10.1. The predicted molar refractivity (Wildman–Crippen MR) is 66.5 cm³/mol. The van der Waals surface area contributed by atoms with Gasteiger partial charge in [-0.15, -0.1) is 0 Å². The van der Waals surface area contributed by atoms with Crippen molar-refractivity contribution in [2.45, 2.75) is 31.5 Å². The first kappa shape index (κ1) is 15.1. The molecule has 0 atom stereocenters. The Balaban J connectivity index is 2.09. The molecule has 6 heteroatoms. The van der Waals surface area contributed by atoms with E-state index in [1.807, 2.05) is 11.8 Å². The minimum atomic E-state index is -4.06. The van der Waals surface area contributed by atoms with E-state index in [0.717, 1.165) is 31.6 Å². The number of thioether (sulfide) groups is 1. The van der Waals surface area contributed by atoms with Gasteiger partial charge in [-0.1, -0.05) is 0 Å². The highest BCUT2D eigenvalue weighted by atomic mass is 32.2. The van der Waals surface area contributed by atoms with Crippen molar-refractivity contribution in [3.05, 3.63) is 0 Å². The molecule has 0 aliphatic carbocycles. The first-order valence-electron chi connectivity index (χ1n) is 6.02. The number of rotatable bonds is 6. The first-order valence-corrected chi connectivity index (χ1v) is 7.42. The minimum Gasteiger partial charge on any atom is -0.314 e. The summed E-state index contributed by atoms with van der Waals surface area (Å²) in [6.45, 7) is 1.33. The van der Waals surface area contributed by atoms with Crippen LogP contribution in [0.5, 0.6) is 0 Å². The molecular weight excluding hydrogens is 249 g/mol. The molecule has 0 bridgehead atoms. The lowest BCUT2D eigenvalue weighted by molar-refractivity contribution is -0.148. The molecule has 1 aliphatic heterocycles. The van der Waals surface area contributed by atoms with Crippen molar-refractivity contribution in [2.75, 3.05) is 38.2 Å². The molecule has 1 heterocycles. The van der Waals surface area contributed by atoms with Gasteiger partial charge in [-0.3, -0.25) is 4.90 Å². The molecule has 1 saturated heterocycles. The Labute approximate surface area is 105 Å². The van der Waals surface area contributed by atoms with Crippen molar-refractivity contribution in [2.24, 2.45) is 0 Å². The number of nitrogens with zero attached hydrogens (tertiary/aromatic N) is 1. The molecule has 1 fully saturated rings. The normalized spacial score (nSPS) is 19.8. The summed E-state index contributed by atoms with van der Waals surface area (Å²) in [5, 5.41) is 3.42. The van der Waals surface area contributed by atoms with Gasteiger partial charge in [0.2, 0.25) is 0 Å². The van der Waals surface area contributed by atoms with Crippen LogP contribution in [0.4, 0.5) is 13.2 Å². The van der Waals surface area contributed by atoms with Crippen molar-refractivity contribution in [1.29, 1.82) is 0 Å². The van der Waals surface area contributed by atoms with E-state index in [4.69, 9.17) is 0 Å². The van der Waals surface area contributed by atoms with Crippen LogP contribution in [0.2, 0.25) is 0 Å². The molecule has 0 aromatic heterocycles. The van der Waals surface area contributed by atoms with Gasteiger partial charge in [0, 0.05) is 6.04 Å². The smallest absolute Gasteiger partial charge is 0.314 e. The van der Waals surface area contributed by atoms with Crippen LogP contribution < -0.4 is 5.32 Å². The average Bonchev–Trinajstić information content (AvgIpc) is 2.25. The van der Waals surface area contributed by atoms with Crippen LogP contribution in [0.1, 0.15) is 19.3 Å². The van der Waals surface area contributed by atoms with Gasteiger partial charge < -0.3 is 5.32 Å².